The standard InChI is InChI=1S/C8H4Cl2F5NO3S/c9-1-3-5(6(11)12)4(20(10,17)18)2-16-7(3)19-8(13,14)15/h2,6H,1H2. The minimum atomic E-state index is -5.20. The van der Waals surface area contributed by atoms with Crippen LogP contribution in [0.1, 0.15) is 17.6 Å². The summed E-state index contributed by atoms with van der Waals surface area (Å²) in [4.78, 5) is 1.90. The largest absolute Gasteiger partial charge is 0.574 e. The molecule has 0 aliphatic rings. The minimum Gasteiger partial charge on any atom is -0.388 e. The van der Waals surface area contributed by atoms with E-state index in [9.17, 15) is 30.4 Å². The van der Waals surface area contributed by atoms with Crippen LogP contribution in [0.2, 0.25) is 0 Å². The molecule has 0 fully saturated rings. The van der Waals surface area contributed by atoms with E-state index >= 15 is 0 Å². The average molecular weight is 360 g/mol. The molecule has 0 aliphatic heterocycles. The normalized spacial score (nSPS) is 12.8. The van der Waals surface area contributed by atoms with Crippen molar-refractivity contribution in [2.45, 2.75) is 23.6 Å². The summed E-state index contributed by atoms with van der Waals surface area (Å²) >= 11 is 5.27. The van der Waals surface area contributed by atoms with Crippen molar-refractivity contribution in [3.63, 3.8) is 0 Å². The van der Waals surface area contributed by atoms with Crippen molar-refractivity contribution in [1.29, 1.82) is 0 Å². The highest BCUT2D eigenvalue weighted by molar-refractivity contribution is 8.13. The molecule has 114 valence electrons. The number of nitrogens with zero attached hydrogens (tertiary/aromatic N) is 1. The van der Waals surface area contributed by atoms with Crippen LogP contribution in [0.4, 0.5) is 22.0 Å². The highest BCUT2D eigenvalue weighted by Crippen LogP contribution is 2.37. The summed E-state index contributed by atoms with van der Waals surface area (Å²) in [6.07, 6.45) is -8.39. The fourth-order valence-corrected chi connectivity index (χ4v) is 2.57. The van der Waals surface area contributed by atoms with Gasteiger partial charge in [0.05, 0.1) is 12.1 Å². The average Bonchev–Trinajstić information content (AvgIpc) is 2.24. The van der Waals surface area contributed by atoms with Gasteiger partial charge in [0.25, 0.3) is 15.5 Å². The van der Waals surface area contributed by atoms with E-state index in [1.54, 1.807) is 0 Å². The van der Waals surface area contributed by atoms with Gasteiger partial charge < -0.3 is 4.74 Å². The van der Waals surface area contributed by atoms with Crippen LogP contribution in [-0.2, 0) is 14.9 Å². The zero-order chi connectivity index (χ0) is 15.7. The third-order valence-electron chi connectivity index (χ3n) is 1.97. The highest BCUT2D eigenvalue weighted by atomic mass is 35.7. The Kier molecular flexibility index (Phi) is 5.03. The Balaban J connectivity index is 3.59. The molecule has 0 amide bonds. The van der Waals surface area contributed by atoms with Crippen LogP contribution in [-0.4, -0.2) is 19.8 Å². The Morgan fingerprint density at radius 2 is 1.90 bits per heavy atom. The zero-order valence-corrected chi connectivity index (χ0v) is 11.4. The second-order valence-corrected chi connectivity index (χ2v) is 6.04. The lowest BCUT2D eigenvalue weighted by Gasteiger charge is -2.15. The van der Waals surface area contributed by atoms with Gasteiger partial charge in [-0.05, 0) is 0 Å². The monoisotopic (exact) mass is 359 g/mol. The van der Waals surface area contributed by atoms with Crippen molar-refractivity contribution < 1.29 is 35.1 Å². The molecule has 0 radical (unpaired) electrons. The van der Waals surface area contributed by atoms with Gasteiger partial charge in [0, 0.05) is 21.8 Å². The second kappa shape index (κ2) is 5.86. The number of pyridine rings is 1. The summed E-state index contributed by atoms with van der Waals surface area (Å²) in [6, 6.07) is 0. The molecular weight excluding hydrogens is 356 g/mol. The lowest BCUT2D eigenvalue weighted by Crippen LogP contribution is -2.20. The van der Waals surface area contributed by atoms with Gasteiger partial charge in [-0.25, -0.2) is 22.2 Å². The van der Waals surface area contributed by atoms with E-state index in [0.717, 1.165) is 0 Å². The van der Waals surface area contributed by atoms with Crippen LogP contribution >= 0.6 is 22.3 Å². The molecule has 12 heteroatoms. The molecule has 0 aliphatic carbocycles. The van der Waals surface area contributed by atoms with Crippen LogP contribution in [0.3, 0.4) is 0 Å². The lowest BCUT2D eigenvalue weighted by atomic mass is 10.1. The molecule has 0 atom stereocenters. The Morgan fingerprint density at radius 1 is 1.35 bits per heavy atom. The maximum atomic E-state index is 12.9. The first-order valence-corrected chi connectivity index (χ1v) is 7.38. The Bertz CT molecular complexity index is 605. The third-order valence-corrected chi connectivity index (χ3v) is 3.59. The van der Waals surface area contributed by atoms with Crippen LogP contribution < -0.4 is 4.74 Å². The van der Waals surface area contributed by atoms with Gasteiger partial charge in [-0.15, -0.1) is 24.8 Å². The fourth-order valence-electron chi connectivity index (χ4n) is 1.29. The molecule has 0 bridgehead atoms. The Labute approximate surface area is 118 Å². The Hall–Kier alpha value is -0.870. The SMILES string of the molecule is O=S(=O)(Cl)c1cnc(OC(F)(F)F)c(CCl)c1C(F)F. The van der Waals surface area contributed by atoms with Crippen LogP contribution in [0.5, 0.6) is 5.88 Å². The Morgan fingerprint density at radius 3 is 2.25 bits per heavy atom. The van der Waals surface area contributed by atoms with Crippen molar-refractivity contribution in [3.8, 4) is 5.88 Å². The molecule has 1 aromatic rings. The maximum Gasteiger partial charge on any atom is 0.574 e. The van der Waals surface area contributed by atoms with Gasteiger partial charge >= 0.3 is 6.36 Å². The van der Waals surface area contributed by atoms with Crippen molar-refractivity contribution in [1.82, 2.24) is 4.98 Å². The van der Waals surface area contributed by atoms with Gasteiger partial charge in [-0.3, -0.25) is 0 Å². The minimum absolute atomic E-state index is 0.251. The van der Waals surface area contributed by atoms with Crippen LogP contribution in [0, 0.1) is 0 Å². The van der Waals surface area contributed by atoms with Crippen molar-refractivity contribution in [2.24, 2.45) is 0 Å². The molecule has 1 aromatic heterocycles. The molecule has 1 rings (SSSR count). The summed E-state index contributed by atoms with van der Waals surface area (Å²) in [7, 11) is 0.278. The first-order chi connectivity index (χ1) is 8.97. The number of rotatable bonds is 4. The second-order valence-electron chi connectivity index (χ2n) is 3.24. The van der Waals surface area contributed by atoms with Gasteiger partial charge in [0.15, 0.2) is 0 Å². The topological polar surface area (TPSA) is 56.3 Å². The molecular formula is C8H4Cl2F5NO3S. The van der Waals surface area contributed by atoms with Crippen LogP contribution in [0.25, 0.3) is 0 Å². The van der Waals surface area contributed by atoms with E-state index in [0.29, 0.717) is 0 Å². The van der Waals surface area contributed by atoms with E-state index in [1.807, 2.05) is 0 Å². The summed E-state index contributed by atoms with van der Waals surface area (Å²) in [6.45, 7) is 0. The van der Waals surface area contributed by atoms with Gasteiger partial charge in [0.1, 0.15) is 4.90 Å². The van der Waals surface area contributed by atoms with E-state index in [4.69, 9.17) is 22.3 Å². The summed E-state index contributed by atoms with van der Waals surface area (Å²) in [5.74, 6) is -2.13. The van der Waals surface area contributed by atoms with Gasteiger partial charge in [-0.2, -0.15) is 0 Å². The first kappa shape index (κ1) is 17.2. The molecule has 4 nitrogen and oxygen atoms in total. The molecule has 0 aromatic carbocycles. The molecule has 20 heavy (non-hydrogen) atoms. The smallest absolute Gasteiger partial charge is 0.388 e. The quantitative estimate of drug-likeness (QED) is 0.468. The van der Waals surface area contributed by atoms with Crippen molar-refractivity contribution in [3.05, 3.63) is 17.3 Å². The number of aromatic nitrogens is 1. The number of ether oxygens (including phenoxy) is 1. The van der Waals surface area contributed by atoms with E-state index in [-0.39, 0.29) is 6.20 Å². The molecule has 0 unspecified atom stereocenters. The van der Waals surface area contributed by atoms with Gasteiger partial charge in [-0.1, -0.05) is 0 Å². The molecule has 0 spiro atoms. The summed E-state index contributed by atoms with van der Waals surface area (Å²) < 4.78 is 87.6. The van der Waals surface area contributed by atoms with E-state index < -0.39 is 49.6 Å². The van der Waals surface area contributed by atoms with Gasteiger partial charge in [0.2, 0.25) is 5.88 Å². The number of hydrogen-bond acceptors (Lipinski definition) is 4. The van der Waals surface area contributed by atoms with Crippen molar-refractivity contribution in [2.75, 3.05) is 0 Å². The predicted octanol–water partition coefficient (Wildman–Crippen LogP) is 3.58. The first-order valence-electron chi connectivity index (χ1n) is 4.53. The number of hydrogen-bond donors (Lipinski definition) is 0. The predicted molar refractivity (Wildman–Crippen MR) is 58.5 cm³/mol. The summed E-state index contributed by atoms with van der Waals surface area (Å²) in [5, 5.41) is 0. The van der Waals surface area contributed by atoms with Crippen LogP contribution in [0.15, 0.2) is 11.1 Å². The van der Waals surface area contributed by atoms with E-state index in [1.165, 1.54) is 0 Å². The highest BCUT2D eigenvalue weighted by Gasteiger charge is 2.35. The zero-order valence-electron chi connectivity index (χ0n) is 9.09. The third kappa shape index (κ3) is 4.06. The number of alkyl halides is 6. The summed E-state index contributed by atoms with van der Waals surface area (Å²) in [5.41, 5.74) is -2.18. The maximum absolute atomic E-state index is 12.9. The van der Waals surface area contributed by atoms with E-state index in [2.05, 4.69) is 9.72 Å². The number of halogens is 7. The molecule has 0 saturated heterocycles. The molecule has 0 N–H and O–H groups in total. The van der Waals surface area contributed by atoms with Crippen molar-refractivity contribution >= 4 is 31.3 Å². The lowest BCUT2D eigenvalue weighted by molar-refractivity contribution is -0.276. The fraction of sp³-hybridized carbons (Fsp3) is 0.375. The molecule has 0 saturated carbocycles. The molecule has 1 heterocycles.